The van der Waals surface area contributed by atoms with E-state index in [4.69, 9.17) is 0 Å². The van der Waals surface area contributed by atoms with E-state index < -0.39 is 0 Å². The minimum Gasteiger partial charge on any atom is -0.332 e. The molecule has 16 heavy (non-hydrogen) atoms. The van der Waals surface area contributed by atoms with Crippen molar-refractivity contribution in [3.63, 3.8) is 0 Å². The van der Waals surface area contributed by atoms with Crippen molar-refractivity contribution in [3.05, 3.63) is 11.9 Å². The van der Waals surface area contributed by atoms with Gasteiger partial charge in [0.05, 0.1) is 6.20 Å². The number of piperidine rings is 1. The van der Waals surface area contributed by atoms with Crippen molar-refractivity contribution in [1.29, 1.82) is 0 Å². The number of likely N-dealkylation sites (tertiary alicyclic amines) is 1. The predicted molar refractivity (Wildman–Crippen MR) is 59.9 cm³/mol. The van der Waals surface area contributed by atoms with Gasteiger partial charge in [0.1, 0.15) is 0 Å². The van der Waals surface area contributed by atoms with Gasteiger partial charge in [0.2, 0.25) is 0 Å². The van der Waals surface area contributed by atoms with Gasteiger partial charge < -0.3 is 4.90 Å². The maximum atomic E-state index is 12.2. The van der Waals surface area contributed by atoms with Gasteiger partial charge in [-0.25, -0.2) is 0 Å². The van der Waals surface area contributed by atoms with Crippen LogP contribution in [0.3, 0.4) is 0 Å². The lowest BCUT2D eigenvalue weighted by molar-refractivity contribution is 0.0504. The molecule has 2 rings (SSSR count). The number of aryl methyl sites for hydroxylation is 1. The van der Waals surface area contributed by atoms with Crippen LogP contribution < -0.4 is 0 Å². The lowest BCUT2D eigenvalue weighted by Gasteiger charge is -2.38. The Labute approximate surface area is 95.4 Å². The van der Waals surface area contributed by atoms with E-state index in [0.29, 0.717) is 17.8 Å². The molecule has 0 aliphatic carbocycles. The Morgan fingerprint density at radius 3 is 2.50 bits per heavy atom. The summed E-state index contributed by atoms with van der Waals surface area (Å²) in [7, 11) is 1.72. The lowest BCUT2D eigenvalue weighted by atomic mass is 9.97. The van der Waals surface area contributed by atoms with Crippen LogP contribution in [0.25, 0.3) is 0 Å². The zero-order valence-electron chi connectivity index (χ0n) is 10.1. The van der Waals surface area contributed by atoms with E-state index in [1.807, 2.05) is 4.90 Å². The summed E-state index contributed by atoms with van der Waals surface area (Å²) >= 11 is 0. The van der Waals surface area contributed by atoms with E-state index in [9.17, 15) is 4.79 Å². The number of nitrogens with zero attached hydrogens (tertiary/aromatic N) is 4. The van der Waals surface area contributed by atoms with E-state index in [-0.39, 0.29) is 5.91 Å². The number of carbonyl (C=O) groups excluding carboxylic acids is 1. The van der Waals surface area contributed by atoms with Crippen LogP contribution >= 0.6 is 0 Å². The van der Waals surface area contributed by atoms with Crippen LogP contribution in [0.2, 0.25) is 0 Å². The average Bonchev–Trinajstić information content (AvgIpc) is 2.64. The molecule has 2 unspecified atom stereocenters. The molecule has 0 spiro atoms. The number of amides is 1. The molecule has 1 aromatic heterocycles. The van der Waals surface area contributed by atoms with Crippen LogP contribution in [0.1, 0.15) is 43.6 Å². The maximum absolute atomic E-state index is 12.2. The summed E-state index contributed by atoms with van der Waals surface area (Å²) in [6, 6.07) is 0.608. The normalized spacial score (nSPS) is 25.8. The van der Waals surface area contributed by atoms with Gasteiger partial charge in [-0.2, -0.15) is 9.90 Å². The SMILES string of the molecule is CC1CCCC(C)N1C(=O)c1cnn(C)n1. The summed E-state index contributed by atoms with van der Waals surface area (Å²) in [5, 5.41) is 8.01. The molecular formula is C11H18N4O. The summed E-state index contributed by atoms with van der Waals surface area (Å²) < 4.78 is 0. The van der Waals surface area contributed by atoms with E-state index in [2.05, 4.69) is 24.0 Å². The molecule has 0 radical (unpaired) electrons. The molecule has 2 heterocycles. The number of hydrogen-bond donors (Lipinski definition) is 0. The standard InChI is InChI=1S/C11H18N4O/c1-8-5-4-6-9(2)15(8)11(16)10-7-12-14(3)13-10/h7-9H,4-6H2,1-3H3. The average molecular weight is 222 g/mol. The first kappa shape index (κ1) is 11.1. The minimum atomic E-state index is 0.00722. The Balaban J connectivity index is 2.19. The fourth-order valence-corrected chi connectivity index (χ4v) is 2.40. The minimum absolute atomic E-state index is 0.00722. The Hall–Kier alpha value is -1.39. The third kappa shape index (κ3) is 1.94. The zero-order chi connectivity index (χ0) is 11.7. The molecule has 0 aromatic carbocycles. The third-order valence-corrected chi connectivity index (χ3v) is 3.25. The van der Waals surface area contributed by atoms with Gasteiger partial charge >= 0.3 is 0 Å². The van der Waals surface area contributed by atoms with Gasteiger partial charge in [0, 0.05) is 19.1 Å². The van der Waals surface area contributed by atoms with Crippen molar-refractivity contribution in [2.45, 2.75) is 45.2 Å². The van der Waals surface area contributed by atoms with Gasteiger partial charge in [-0.3, -0.25) is 4.79 Å². The van der Waals surface area contributed by atoms with Gasteiger partial charge in [-0.15, -0.1) is 5.10 Å². The van der Waals surface area contributed by atoms with Gasteiger partial charge in [0.25, 0.3) is 5.91 Å². The van der Waals surface area contributed by atoms with Gasteiger partial charge in [-0.1, -0.05) is 0 Å². The van der Waals surface area contributed by atoms with Crippen molar-refractivity contribution >= 4 is 5.91 Å². The fourth-order valence-electron chi connectivity index (χ4n) is 2.40. The molecule has 5 nitrogen and oxygen atoms in total. The Morgan fingerprint density at radius 1 is 1.38 bits per heavy atom. The van der Waals surface area contributed by atoms with Crippen LogP contribution in [-0.4, -0.2) is 37.9 Å². The Morgan fingerprint density at radius 2 is 2.00 bits per heavy atom. The molecule has 2 atom stereocenters. The molecule has 1 saturated heterocycles. The van der Waals surface area contributed by atoms with Crippen LogP contribution in [0, 0.1) is 0 Å². The van der Waals surface area contributed by atoms with Crippen molar-refractivity contribution in [3.8, 4) is 0 Å². The van der Waals surface area contributed by atoms with Crippen LogP contribution in [-0.2, 0) is 7.05 Å². The summed E-state index contributed by atoms with van der Waals surface area (Å²) in [5.74, 6) is 0.00722. The highest BCUT2D eigenvalue weighted by Crippen LogP contribution is 2.23. The Bertz CT molecular complexity index is 377. The molecule has 5 heteroatoms. The highest BCUT2D eigenvalue weighted by atomic mass is 16.2. The molecule has 0 bridgehead atoms. The first-order valence-electron chi connectivity index (χ1n) is 5.78. The molecular weight excluding hydrogens is 204 g/mol. The van der Waals surface area contributed by atoms with E-state index in [0.717, 1.165) is 12.8 Å². The van der Waals surface area contributed by atoms with Gasteiger partial charge in [0.15, 0.2) is 5.69 Å². The van der Waals surface area contributed by atoms with Crippen molar-refractivity contribution in [2.75, 3.05) is 0 Å². The van der Waals surface area contributed by atoms with Gasteiger partial charge in [-0.05, 0) is 33.1 Å². The summed E-state index contributed by atoms with van der Waals surface area (Å²) in [5.41, 5.74) is 0.447. The van der Waals surface area contributed by atoms with E-state index in [1.165, 1.54) is 17.4 Å². The molecule has 0 N–H and O–H groups in total. The number of hydrogen-bond acceptors (Lipinski definition) is 3. The molecule has 88 valence electrons. The van der Waals surface area contributed by atoms with E-state index >= 15 is 0 Å². The number of carbonyl (C=O) groups is 1. The maximum Gasteiger partial charge on any atom is 0.276 e. The molecule has 0 saturated carbocycles. The first-order chi connectivity index (χ1) is 7.59. The fraction of sp³-hybridized carbons (Fsp3) is 0.727. The Kier molecular flexibility index (Phi) is 2.94. The molecule has 1 amide bonds. The lowest BCUT2D eigenvalue weighted by Crippen LogP contribution is -2.47. The summed E-state index contributed by atoms with van der Waals surface area (Å²) in [6.45, 7) is 4.20. The highest BCUT2D eigenvalue weighted by molar-refractivity contribution is 5.92. The van der Waals surface area contributed by atoms with Crippen molar-refractivity contribution in [1.82, 2.24) is 19.9 Å². The summed E-state index contributed by atoms with van der Waals surface area (Å²) in [4.78, 5) is 15.6. The van der Waals surface area contributed by atoms with Crippen molar-refractivity contribution < 1.29 is 4.79 Å². The zero-order valence-corrected chi connectivity index (χ0v) is 10.1. The topological polar surface area (TPSA) is 51.0 Å². The number of aromatic nitrogens is 3. The van der Waals surface area contributed by atoms with Crippen LogP contribution in [0.4, 0.5) is 0 Å². The largest absolute Gasteiger partial charge is 0.332 e. The smallest absolute Gasteiger partial charge is 0.276 e. The monoisotopic (exact) mass is 222 g/mol. The third-order valence-electron chi connectivity index (χ3n) is 3.25. The summed E-state index contributed by atoms with van der Waals surface area (Å²) in [6.07, 6.45) is 4.90. The van der Waals surface area contributed by atoms with Crippen LogP contribution in [0.15, 0.2) is 6.20 Å². The molecule has 1 aliphatic rings. The molecule has 1 aromatic rings. The van der Waals surface area contributed by atoms with Crippen LogP contribution in [0.5, 0.6) is 0 Å². The van der Waals surface area contributed by atoms with Crippen molar-refractivity contribution in [2.24, 2.45) is 7.05 Å². The quantitative estimate of drug-likeness (QED) is 0.718. The second-order valence-electron chi connectivity index (χ2n) is 4.56. The second-order valence-corrected chi connectivity index (χ2v) is 4.56. The molecule has 1 fully saturated rings. The second kappa shape index (κ2) is 4.23. The molecule has 1 aliphatic heterocycles. The predicted octanol–water partition coefficient (Wildman–Crippen LogP) is 1.22. The number of rotatable bonds is 1. The highest BCUT2D eigenvalue weighted by Gasteiger charge is 2.30. The van der Waals surface area contributed by atoms with E-state index in [1.54, 1.807) is 7.05 Å². The first-order valence-corrected chi connectivity index (χ1v) is 5.78.